The van der Waals surface area contributed by atoms with Crippen molar-refractivity contribution in [3.63, 3.8) is 0 Å². The number of amides is 2. The maximum absolute atomic E-state index is 12.7. The average molecular weight is 365 g/mol. The highest BCUT2D eigenvalue weighted by atomic mass is 16.2. The average Bonchev–Trinajstić information content (AvgIpc) is 2.68. The number of hydrogen-bond acceptors (Lipinski definition) is 3. The molecular weight excluding hydrogens is 338 g/mol. The molecule has 5 heteroatoms. The van der Waals surface area contributed by atoms with E-state index in [1.165, 1.54) is 6.20 Å². The smallest absolute Gasteiger partial charge is 0.257 e. The molecule has 142 valence electrons. The highest BCUT2D eigenvalue weighted by molar-refractivity contribution is 6.06. The molecule has 1 aromatic carbocycles. The topological polar surface area (TPSA) is 62.3 Å². The van der Waals surface area contributed by atoms with Gasteiger partial charge >= 0.3 is 0 Å². The second-order valence-electron chi connectivity index (χ2n) is 7.63. The first-order valence-corrected chi connectivity index (χ1v) is 9.60. The lowest BCUT2D eigenvalue weighted by Crippen LogP contribution is -2.38. The van der Waals surface area contributed by atoms with Crippen LogP contribution in [0.2, 0.25) is 0 Å². The van der Waals surface area contributed by atoms with Gasteiger partial charge in [0.15, 0.2) is 0 Å². The Bertz CT molecular complexity index is 824. The van der Waals surface area contributed by atoms with Crippen LogP contribution in [0, 0.1) is 5.92 Å². The van der Waals surface area contributed by atoms with Gasteiger partial charge in [-0.2, -0.15) is 0 Å². The number of piperidine rings is 1. The fourth-order valence-electron chi connectivity index (χ4n) is 3.38. The largest absolute Gasteiger partial charge is 0.339 e. The molecule has 2 amide bonds. The van der Waals surface area contributed by atoms with Gasteiger partial charge in [0, 0.05) is 31.2 Å². The fraction of sp³-hybridized carbons (Fsp3) is 0.409. The van der Waals surface area contributed by atoms with Crippen LogP contribution in [0.5, 0.6) is 0 Å². The van der Waals surface area contributed by atoms with Crippen molar-refractivity contribution in [1.82, 2.24) is 9.88 Å². The van der Waals surface area contributed by atoms with E-state index in [0.717, 1.165) is 37.2 Å². The van der Waals surface area contributed by atoms with Crippen LogP contribution >= 0.6 is 0 Å². The summed E-state index contributed by atoms with van der Waals surface area (Å²) in [5, 5.41) is 2.96. The number of nitrogens with one attached hydrogen (secondary N) is 1. The standard InChI is InChI=1S/C22H27N3O2/c1-15(2)19-6-4-5-7-20(19)24-21(26)17-12-18(14-23-13-17)22(27)25-10-8-16(3)9-11-25/h4-7,12-16H,8-11H2,1-3H3,(H,24,26). The van der Waals surface area contributed by atoms with Crippen molar-refractivity contribution in [3.8, 4) is 0 Å². The van der Waals surface area contributed by atoms with Crippen LogP contribution < -0.4 is 5.32 Å². The number of benzene rings is 1. The maximum Gasteiger partial charge on any atom is 0.257 e. The minimum Gasteiger partial charge on any atom is -0.339 e. The third-order valence-corrected chi connectivity index (χ3v) is 5.15. The van der Waals surface area contributed by atoms with Crippen LogP contribution in [0.3, 0.4) is 0 Å². The Balaban J connectivity index is 1.75. The van der Waals surface area contributed by atoms with Gasteiger partial charge in [-0.05, 0) is 42.4 Å². The van der Waals surface area contributed by atoms with Gasteiger partial charge in [0.1, 0.15) is 0 Å². The molecule has 0 unspecified atom stereocenters. The number of nitrogens with zero attached hydrogens (tertiary/aromatic N) is 2. The van der Waals surface area contributed by atoms with Gasteiger partial charge in [0.2, 0.25) is 0 Å². The molecule has 1 N–H and O–H groups in total. The molecule has 1 aliphatic rings. The van der Waals surface area contributed by atoms with E-state index in [9.17, 15) is 9.59 Å². The molecule has 1 aromatic heterocycles. The minimum absolute atomic E-state index is 0.0494. The highest BCUT2D eigenvalue weighted by Crippen LogP contribution is 2.24. The first kappa shape index (κ1) is 19.1. The summed E-state index contributed by atoms with van der Waals surface area (Å²) in [6, 6.07) is 9.41. The van der Waals surface area contributed by atoms with E-state index < -0.39 is 0 Å². The Hall–Kier alpha value is -2.69. The number of carbonyl (C=O) groups is 2. The molecule has 0 saturated carbocycles. The van der Waals surface area contributed by atoms with Gasteiger partial charge in [0.25, 0.3) is 11.8 Å². The van der Waals surface area contributed by atoms with E-state index in [1.807, 2.05) is 29.2 Å². The third kappa shape index (κ3) is 4.54. The number of carbonyl (C=O) groups excluding carboxylic acids is 2. The molecule has 2 heterocycles. The molecule has 0 aliphatic carbocycles. The van der Waals surface area contributed by atoms with Gasteiger partial charge in [-0.3, -0.25) is 14.6 Å². The van der Waals surface area contributed by atoms with E-state index in [2.05, 4.69) is 31.1 Å². The fourth-order valence-corrected chi connectivity index (χ4v) is 3.38. The van der Waals surface area contributed by atoms with Gasteiger partial charge in [-0.1, -0.05) is 39.0 Å². The van der Waals surface area contributed by atoms with Crippen LogP contribution in [-0.4, -0.2) is 34.8 Å². The molecule has 5 nitrogen and oxygen atoms in total. The SMILES string of the molecule is CC1CCN(C(=O)c2cncc(C(=O)Nc3ccccc3C(C)C)c2)CC1. The normalized spacial score (nSPS) is 15.0. The van der Waals surface area contributed by atoms with Gasteiger partial charge in [0.05, 0.1) is 11.1 Å². The van der Waals surface area contributed by atoms with Crippen molar-refractivity contribution < 1.29 is 9.59 Å². The van der Waals surface area contributed by atoms with Gasteiger partial charge in [-0.25, -0.2) is 0 Å². The minimum atomic E-state index is -0.252. The molecule has 0 atom stereocenters. The number of rotatable bonds is 4. The van der Waals surface area contributed by atoms with E-state index in [1.54, 1.807) is 12.3 Å². The van der Waals surface area contributed by atoms with E-state index >= 15 is 0 Å². The molecule has 1 saturated heterocycles. The summed E-state index contributed by atoms with van der Waals surface area (Å²) in [5.41, 5.74) is 2.73. The van der Waals surface area contributed by atoms with Gasteiger partial charge in [-0.15, -0.1) is 0 Å². The quantitative estimate of drug-likeness (QED) is 0.877. The number of para-hydroxylation sites is 1. The Morgan fingerprint density at radius 1 is 1.11 bits per heavy atom. The second kappa shape index (κ2) is 8.33. The van der Waals surface area contributed by atoms with E-state index in [0.29, 0.717) is 23.0 Å². The van der Waals surface area contributed by atoms with Crippen molar-refractivity contribution in [2.24, 2.45) is 5.92 Å². The number of hydrogen-bond donors (Lipinski definition) is 1. The molecule has 1 aliphatic heterocycles. The maximum atomic E-state index is 12.7. The van der Waals surface area contributed by atoms with E-state index in [4.69, 9.17) is 0 Å². The van der Waals surface area contributed by atoms with Crippen LogP contribution in [0.1, 0.15) is 65.8 Å². The molecule has 2 aromatic rings. The number of anilines is 1. The molecule has 1 fully saturated rings. The highest BCUT2D eigenvalue weighted by Gasteiger charge is 2.22. The summed E-state index contributed by atoms with van der Waals surface area (Å²) in [4.78, 5) is 31.4. The Kier molecular flexibility index (Phi) is 5.89. The van der Waals surface area contributed by atoms with Crippen LogP contribution in [0.4, 0.5) is 5.69 Å². The van der Waals surface area contributed by atoms with Crippen molar-refractivity contribution in [1.29, 1.82) is 0 Å². The van der Waals surface area contributed by atoms with Crippen molar-refractivity contribution in [2.75, 3.05) is 18.4 Å². The molecule has 0 bridgehead atoms. The molecular formula is C22H27N3O2. The van der Waals surface area contributed by atoms with Crippen LogP contribution in [0.15, 0.2) is 42.7 Å². The van der Waals surface area contributed by atoms with Crippen molar-refractivity contribution >= 4 is 17.5 Å². The van der Waals surface area contributed by atoms with Crippen LogP contribution in [-0.2, 0) is 0 Å². The summed E-state index contributed by atoms with van der Waals surface area (Å²) in [6.45, 7) is 7.91. The zero-order chi connectivity index (χ0) is 19.4. The predicted molar refractivity (Wildman–Crippen MR) is 107 cm³/mol. The van der Waals surface area contributed by atoms with E-state index in [-0.39, 0.29) is 11.8 Å². The van der Waals surface area contributed by atoms with Crippen molar-refractivity contribution in [3.05, 3.63) is 59.4 Å². The van der Waals surface area contributed by atoms with Crippen LogP contribution in [0.25, 0.3) is 0 Å². The number of pyridine rings is 1. The Morgan fingerprint density at radius 2 is 1.78 bits per heavy atom. The van der Waals surface area contributed by atoms with Crippen molar-refractivity contribution in [2.45, 2.75) is 39.5 Å². The first-order valence-electron chi connectivity index (χ1n) is 9.60. The molecule has 0 spiro atoms. The predicted octanol–water partition coefficient (Wildman–Crippen LogP) is 4.33. The Labute approximate surface area is 160 Å². The second-order valence-corrected chi connectivity index (χ2v) is 7.63. The lowest BCUT2D eigenvalue weighted by atomic mass is 9.98. The summed E-state index contributed by atoms with van der Waals surface area (Å²) < 4.78 is 0. The summed E-state index contributed by atoms with van der Waals surface area (Å²) in [7, 11) is 0. The Morgan fingerprint density at radius 3 is 2.48 bits per heavy atom. The third-order valence-electron chi connectivity index (χ3n) is 5.15. The number of likely N-dealkylation sites (tertiary alicyclic amines) is 1. The zero-order valence-electron chi connectivity index (χ0n) is 16.2. The molecule has 27 heavy (non-hydrogen) atoms. The van der Waals surface area contributed by atoms with Gasteiger partial charge < -0.3 is 10.2 Å². The molecule has 3 rings (SSSR count). The summed E-state index contributed by atoms with van der Waals surface area (Å²) >= 11 is 0. The summed E-state index contributed by atoms with van der Waals surface area (Å²) in [6.07, 6.45) is 5.08. The lowest BCUT2D eigenvalue weighted by molar-refractivity contribution is 0.0697. The lowest BCUT2D eigenvalue weighted by Gasteiger charge is -2.30. The number of aromatic nitrogens is 1. The zero-order valence-corrected chi connectivity index (χ0v) is 16.2. The molecule has 0 radical (unpaired) electrons. The summed E-state index contributed by atoms with van der Waals surface area (Å²) in [5.74, 6) is 0.656. The first-order chi connectivity index (χ1) is 13.0. The monoisotopic (exact) mass is 365 g/mol.